The van der Waals surface area contributed by atoms with Crippen molar-refractivity contribution < 1.29 is 23.6 Å². The minimum atomic E-state index is -0.582. The predicted octanol–water partition coefficient (Wildman–Crippen LogP) is 4.69. The van der Waals surface area contributed by atoms with Crippen molar-refractivity contribution in [2.75, 3.05) is 13.2 Å². The number of hydrogen-bond donors (Lipinski definition) is 1. The summed E-state index contributed by atoms with van der Waals surface area (Å²) in [5.74, 6) is 0.420. The van der Waals surface area contributed by atoms with E-state index in [0.717, 1.165) is 31.2 Å². The second kappa shape index (κ2) is 11.2. The van der Waals surface area contributed by atoms with Gasteiger partial charge in [-0.3, -0.25) is 4.79 Å². The second-order valence-electron chi connectivity index (χ2n) is 13.1. The molecule has 1 aromatic rings. The largest absolute Gasteiger partial charge is 0.482 e. The molecule has 6 atom stereocenters. The van der Waals surface area contributed by atoms with Crippen molar-refractivity contribution in [3.05, 3.63) is 47.5 Å². The molecule has 5 aliphatic rings. The van der Waals surface area contributed by atoms with Gasteiger partial charge in [-0.25, -0.2) is 4.79 Å². The lowest BCUT2D eigenvalue weighted by Crippen LogP contribution is -2.65. The average molecular weight is 548 g/mol. The van der Waals surface area contributed by atoms with E-state index in [0.29, 0.717) is 24.8 Å². The first-order valence-electron chi connectivity index (χ1n) is 14.8. The lowest BCUT2D eigenvalue weighted by atomic mass is 9.43. The number of hydrogen-bond acceptors (Lipinski definition) is 6. The van der Waals surface area contributed by atoms with Crippen molar-refractivity contribution in [2.45, 2.75) is 90.4 Å². The van der Waals surface area contributed by atoms with Gasteiger partial charge in [-0.15, -0.1) is 0 Å². The topological polar surface area (TPSA) is 101 Å². The van der Waals surface area contributed by atoms with E-state index in [1.165, 1.54) is 0 Å². The van der Waals surface area contributed by atoms with Crippen molar-refractivity contribution in [3.8, 4) is 6.07 Å². The summed E-state index contributed by atoms with van der Waals surface area (Å²) >= 11 is 0. The fourth-order valence-corrected chi connectivity index (χ4v) is 7.44. The summed E-state index contributed by atoms with van der Waals surface area (Å²) in [6.07, 6.45) is 5.34. The van der Waals surface area contributed by atoms with Crippen LogP contribution in [-0.4, -0.2) is 60.9 Å². The van der Waals surface area contributed by atoms with Crippen LogP contribution in [0, 0.1) is 34.5 Å². The molecule has 5 fully saturated rings. The second-order valence-corrected chi connectivity index (χ2v) is 13.1. The summed E-state index contributed by atoms with van der Waals surface area (Å²) in [5, 5.41) is 12.5. The zero-order chi connectivity index (χ0) is 28.7. The van der Waals surface area contributed by atoms with Gasteiger partial charge in [0.1, 0.15) is 18.2 Å². The van der Waals surface area contributed by atoms with Crippen LogP contribution in [0.3, 0.4) is 0 Å². The van der Waals surface area contributed by atoms with E-state index in [-0.39, 0.29) is 47.2 Å². The van der Waals surface area contributed by atoms with Crippen LogP contribution in [-0.2, 0) is 25.3 Å². The Morgan fingerprint density at radius 1 is 1.25 bits per heavy atom. The number of nitriles is 1. The van der Waals surface area contributed by atoms with E-state index in [9.17, 15) is 14.9 Å². The first-order valence-corrected chi connectivity index (χ1v) is 14.8. The highest BCUT2D eigenvalue weighted by Crippen LogP contribution is 2.65. The number of rotatable bonds is 8. The molecule has 2 aliphatic heterocycles. The highest BCUT2D eigenvalue weighted by atomic mass is 16.7. The molecule has 0 radical (unpaired) electrons. The molecule has 2 bridgehead atoms. The molecule has 2 heterocycles. The quantitative estimate of drug-likeness (QED) is 0.288. The Morgan fingerprint density at radius 2 is 2.00 bits per heavy atom. The van der Waals surface area contributed by atoms with Crippen LogP contribution in [0.1, 0.15) is 65.9 Å². The smallest absolute Gasteiger partial charge is 0.447 e. The minimum Gasteiger partial charge on any atom is -0.447 e. The fourth-order valence-electron chi connectivity index (χ4n) is 7.44. The fraction of sp³-hybridized carbons (Fsp3) is 0.645. The van der Waals surface area contributed by atoms with Gasteiger partial charge in [0.25, 0.3) is 5.91 Å². The number of amides is 2. The molecule has 0 unspecified atom stereocenters. The molecule has 0 aromatic heterocycles. The maximum atomic E-state index is 13.1. The normalized spacial score (nSPS) is 31.3. The van der Waals surface area contributed by atoms with Crippen LogP contribution in [0.5, 0.6) is 0 Å². The predicted molar refractivity (Wildman–Crippen MR) is 152 cm³/mol. The molecule has 3 saturated carbocycles. The zero-order valence-corrected chi connectivity index (χ0v) is 24.4. The summed E-state index contributed by atoms with van der Waals surface area (Å²) in [7, 11) is -0.582. The highest BCUT2D eigenvalue weighted by Gasteiger charge is 2.68. The summed E-state index contributed by atoms with van der Waals surface area (Å²) in [6.45, 7) is 11.3. The maximum absolute atomic E-state index is 13.1. The lowest BCUT2D eigenvalue weighted by Gasteiger charge is -2.64. The van der Waals surface area contributed by atoms with Gasteiger partial charge >= 0.3 is 13.2 Å². The Bertz CT molecular complexity index is 1180. The Kier molecular flexibility index (Phi) is 8.04. The van der Waals surface area contributed by atoms with Crippen molar-refractivity contribution in [2.24, 2.45) is 23.2 Å². The third kappa shape index (κ3) is 5.41. The molecule has 3 aliphatic carbocycles. The van der Waals surface area contributed by atoms with Gasteiger partial charge in [-0.05, 0) is 67.8 Å². The van der Waals surface area contributed by atoms with Crippen LogP contribution < -0.4 is 5.32 Å². The molecule has 1 aromatic carbocycles. The first kappa shape index (κ1) is 28.7. The van der Waals surface area contributed by atoms with Crippen LogP contribution in [0.2, 0.25) is 0 Å². The number of likely N-dealkylation sites (tertiary alicyclic amines) is 1. The van der Waals surface area contributed by atoms with Gasteiger partial charge in [0.15, 0.2) is 0 Å². The van der Waals surface area contributed by atoms with E-state index in [4.69, 9.17) is 14.0 Å². The van der Waals surface area contributed by atoms with Crippen molar-refractivity contribution in [1.29, 1.82) is 5.26 Å². The Balaban J connectivity index is 1.24. The summed E-state index contributed by atoms with van der Waals surface area (Å²) in [5.41, 5.74) is 1.06. The summed E-state index contributed by atoms with van der Waals surface area (Å²) < 4.78 is 18.9. The number of alkyl carbamates (subject to hydrolysis) is 1. The lowest BCUT2D eigenvalue weighted by molar-refractivity contribution is -0.199. The minimum absolute atomic E-state index is 0.0108. The monoisotopic (exact) mass is 547 g/mol. The molecule has 6 rings (SSSR count). The molecular weight excluding hydrogens is 505 g/mol. The Hall–Kier alpha value is -2.83. The number of carbonyl (C=O) groups is 2. The Morgan fingerprint density at radius 3 is 2.67 bits per heavy atom. The highest BCUT2D eigenvalue weighted by molar-refractivity contribution is 6.47. The van der Waals surface area contributed by atoms with Crippen LogP contribution in [0.15, 0.2) is 42.0 Å². The molecule has 2 saturated heterocycles. The van der Waals surface area contributed by atoms with Gasteiger partial charge in [-0.2, -0.15) is 5.26 Å². The maximum Gasteiger partial charge on any atom is 0.482 e. The van der Waals surface area contributed by atoms with E-state index in [1.54, 1.807) is 11.0 Å². The number of carbonyl (C=O) groups excluding carboxylic acids is 2. The van der Waals surface area contributed by atoms with E-state index < -0.39 is 19.2 Å². The van der Waals surface area contributed by atoms with E-state index >= 15 is 0 Å². The van der Waals surface area contributed by atoms with E-state index in [1.807, 2.05) is 50.2 Å². The summed E-state index contributed by atoms with van der Waals surface area (Å²) in [6, 6.07) is 11.8. The number of nitrogens with one attached hydrogen (secondary N) is 1. The van der Waals surface area contributed by atoms with Gasteiger partial charge in [0.2, 0.25) is 0 Å². The van der Waals surface area contributed by atoms with Gasteiger partial charge in [-0.1, -0.05) is 64.1 Å². The van der Waals surface area contributed by atoms with Crippen LogP contribution >= 0.6 is 0 Å². The standard InChI is InChI=1S/C31H42BN3O5/c1-20(2)14-22(18-33)28(36)35-13-9-12-24(35)19-38-29(37)34-27(15-21-10-7-6-8-11-21)32-39-26-17-23-16-25(30(23,3)4)31(26,5)40-32/h6-8,10-11,14,20,23-27H,9,12-13,15-17,19H2,1-5H3,(H,34,37)/b22-14-/t23-,24+,25-,26+,27-,31-/m0/s1. The van der Waals surface area contributed by atoms with Crippen LogP contribution in [0.4, 0.5) is 4.79 Å². The number of nitrogens with zero attached hydrogens (tertiary/aromatic N) is 2. The number of allylic oxidation sites excluding steroid dienone is 1. The molecule has 8 nitrogen and oxygen atoms in total. The number of benzene rings is 1. The molecule has 1 N–H and O–H groups in total. The van der Waals surface area contributed by atoms with Crippen LogP contribution in [0.25, 0.3) is 0 Å². The third-order valence-corrected chi connectivity index (χ3v) is 9.79. The van der Waals surface area contributed by atoms with Crippen molar-refractivity contribution >= 4 is 19.1 Å². The third-order valence-electron chi connectivity index (χ3n) is 9.79. The van der Waals surface area contributed by atoms with E-state index in [2.05, 4.69) is 26.1 Å². The molecule has 2 amide bonds. The van der Waals surface area contributed by atoms with Crippen molar-refractivity contribution in [3.63, 3.8) is 0 Å². The molecule has 9 heteroatoms. The molecule has 0 spiro atoms. The summed E-state index contributed by atoms with van der Waals surface area (Å²) in [4.78, 5) is 27.8. The Labute approximate surface area is 238 Å². The van der Waals surface area contributed by atoms with Gasteiger partial charge < -0.3 is 24.3 Å². The molecule has 40 heavy (non-hydrogen) atoms. The van der Waals surface area contributed by atoms with Gasteiger partial charge in [0, 0.05) is 6.54 Å². The average Bonchev–Trinajstić information content (AvgIpc) is 3.54. The SMILES string of the molecule is CC(C)/C=C(/C#N)C(=O)N1CCC[C@@H]1COC(=O)N[C@@H](Cc1ccccc1)B1O[C@@H]2C[C@@H]3C[C@@H](C3(C)C)[C@]2(C)O1. The van der Waals surface area contributed by atoms with Gasteiger partial charge in [0.05, 0.1) is 23.7 Å². The zero-order valence-electron chi connectivity index (χ0n) is 24.4. The van der Waals surface area contributed by atoms with Crippen molar-refractivity contribution in [1.82, 2.24) is 10.2 Å². The first-order chi connectivity index (χ1) is 19.0. The molecular formula is C31H42BN3O5. The number of ether oxygens (including phenoxy) is 1. The molecule has 214 valence electrons.